The summed E-state index contributed by atoms with van der Waals surface area (Å²) in [5.74, 6) is 2.24. The van der Waals surface area contributed by atoms with E-state index in [1.807, 2.05) is 12.2 Å². The molecular weight excluding hydrogens is 236 g/mol. The van der Waals surface area contributed by atoms with E-state index in [2.05, 4.69) is 0 Å². The third-order valence-electron chi connectivity index (χ3n) is 5.62. The van der Waals surface area contributed by atoms with Crippen LogP contribution in [0.5, 0.6) is 0 Å². The van der Waals surface area contributed by atoms with E-state index in [1.165, 1.54) is 30.4 Å². The van der Waals surface area contributed by atoms with Gasteiger partial charge in [-0.2, -0.15) is 0 Å². The molecule has 2 nitrogen and oxygen atoms in total. The fraction of sp³-hybridized carbons (Fsp3) is 0.588. The van der Waals surface area contributed by atoms with Crippen LogP contribution in [0.3, 0.4) is 0 Å². The Labute approximate surface area is 113 Å². The molecule has 0 spiro atoms. The standard InChI is InChI=1S/C17H20O2/c18-12-3-6-14-10(7-12)1-5-16-15(14)4-2-11-8-13(19)9-17(11)16/h3,6-7,11,13,16-17,19H,1-2,4-5,8-9H2/t11-,13?,16-,17-/m1/s1. The van der Waals surface area contributed by atoms with Crippen LogP contribution in [0.1, 0.15) is 38.5 Å². The second-order valence-electron chi connectivity index (χ2n) is 6.58. The molecule has 0 saturated heterocycles. The highest BCUT2D eigenvalue weighted by Crippen LogP contribution is 2.53. The molecule has 0 aliphatic heterocycles. The molecule has 0 aromatic rings. The summed E-state index contributed by atoms with van der Waals surface area (Å²) >= 11 is 0. The average Bonchev–Trinajstić information content (AvgIpc) is 2.78. The molecule has 19 heavy (non-hydrogen) atoms. The lowest BCUT2D eigenvalue weighted by molar-refractivity contribution is -0.110. The predicted molar refractivity (Wildman–Crippen MR) is 73.4 cm³/mol. The zero-order valence-corrected chi connectivity index (χ0v) is 11.1. The van der Waals surface area contributed by atoms with Crippen molar-refractivity contribution in [1.29, 1.82) is 0 Å². The van der Waals surface area contributed by atoms with Crippen molar-refractivity contribution in [2.24, 2.45) is 17.8 Å². The summed E-state index contributed by atoms with van der Waals surface area (Å²) in [5, 5.41) is 9.93. The summed E-state index contributed by atoms with van der Waals surface area (Å²) < 4.78 is 0. The van der Waals surface area contributed by atoms with Gasteiger partial charge in [-0.15, -0.1) is 0 Å². The first-order valence-electron chi connectivity index (χ1n) is 7.56. The first-order chi connectivity index (χ1) is 9.22. The van der Waals surface area contributed by atoms with Gasteiger partial charge in [-0.25, -0.2) is 0 Å². The lowest BCUT2D eigenvalue weighted by atomic mass is 9.64. The number of ketones is 1. The molecule has 4 atom stereocenters. The molecule has 0 aromatic heterocycles. The van der Waals surface area contributed by atoms with Gasteiger partial charge in [0.2, 0.25) is 0 Å². The topological polar surface area (TPSA) is 37.3 Å². The molecule has 0 bridgehead atoms. The Morgan fingerprint density at radius 2 is 2.00 bits per heavy atom. The van der Waals surface area contributed by atoms with Gasteiger partial charge < -0.3 is 5.11 Å². The summed E-state index contributed by atoms with van der Waals surface area (Å²) in [6, 6.07) is 0. The van der Waals surface area contributed by atoms with Crippen molar-refractivity contribution in [1.82, 2.24) is 0 Å². The highest BCUT2D eigenvalue weighted by atomic mass is 16.3. The second-order valence-corrected chi connectivity index (χ2v) is 6.58. The van der Waals surface area contributed by atoms with E-state index in [4.69, 9.17) is 0 Å². The van der Waals surface area contributed by atoms with Crippen molar-refractivity contribution >= 4 is 5.78 Å². The molecule has 1 N–H and O–H groups in total. The van der Waals surface area contributed by atoms with Gasteiger partial charge in [0.1, 0.15) is 0 Å². The van der Waals surface area contributed by atoms with Gasteiger partial charge in [0.15, 0.2) is 5.78 Å². The molecule has 2 fully saturated rings. The van der Waals surface area contributed by atoms with Crippen molar-refractivity contribution in [2.45, 2.75) is 44.6 Å². The fourth-order valence-corrected chi connectivity index (χ4v) is 4.86. The SMILES string of the molecule is O=C1C=CC2=C3CC[C@@H]4CC(O)C[C@H]4[C@@H]3CCC2=C1. The molecule has 1 unspecified atom stereocenters. The number of hydrogen-bond donors (Lipinski definition) is 1. The van der Waals surface area contributed by atoms with Crippen molar-refractivity contribution in [2.75, 3.05) is 0 Å². The monoisotopic (exact) mass is 256 g/mol. The van der Waals surface area contributed by atoms with Gasteiger partial charge >= 0.3 is 0 Å². The van der Waals surface area contributed by atoms with Crippen LogP contribution >= 0.6 is 0 Å². The molecule has 2 heteroatoms. The quantitative estimate of drug-likeness (QED) is 0.723. The smallest absolute Gasteiger partial charge is 0.178 e. The highest BCUT2D eigenvalue weighted by molar-refractivity contribution is 6.02. The summed E-state index contributed by atoms with van der Waals surface area (Å²) in [5.41, 5.74) is 4.20. The third-order valence-corrected chi connectivity index (χ3v) is 5.62. The Morgan fingerprint density at radius 1 is 1.11 bits per heavy atom. The average molecular weight is 256 g/mol. The first kappa shape index (κ1) is 11.7. The minimum absolute atomic E-state index is 0.0697. The molecule has 4 rings (SSSR count). The second kappa shape index (κ2) is 4.17. The van der Waals surface area contributed by atoms with Crippen LogP contribution < -0.4 is 0 Å². The van der Waals surface area contributed by atoms with E-state index in [0.717, 1.165) is 25.2 Å². The van der Waals surface area contributed by atoms with Gasteiger partial charge in [-0.05, 0) is 79.6 Å². The summed E-state index contributed by atoms with van der Waals surface area (Å²) in [6.07, 6.45) is 12.1. The zero-order valence-electron chi connectivity index (χ0n) is 11.1. The summed E-state index contributed by atoms with van der Waals surface area (Å²) in [7, 11) is 0. The molecule has 0 amide bonds. The lowest BCUT2D eigenvalue weighted by Crippen LogP contribution is -2.30. The number of allylic oxidation sites excluding steroid dienone is 6. The molecule has 4 aliphatic carbocycles. The van der Waals surface area contributed by atoms with E-state index in [9.17, 15) is 9.90 Å². The van der Waals surface area contributed by atoms with Crippen LogP contribution in [0.25, 0.3) is 0 Å². The van der Waals surface area contributed by atoms with Crippen molar-refractivity contribution in [3.05, 3.63) is 34.9 Å². The normalized spacial score (nSPS) is 40.7. The van der Waals surface area contributed by atoms with Gasteiger partial charge in [-0.1, -0.05) is 11.6 Å². The van der Waals surface area contributed by atoms with Crippen LogP contribution in [0.4, 0.5) is 0 Å². The minimum Gasteiger partial charge on any atom is -0.393 e. The molecule has 0 heterocycles. The van der Waals surface area contributed by atoms with Crippen LogP contribution in [0, 0.1) is 17.8 Å². The van der Waals surface area contributed by atoms with Crippen molar-refractivity contribution in [3.8, 4) is 0 Å². The summed E-state index contributed by atoms with van der Waals surface area (Å²) in [6.45, 7) is 0. The summed E-state index contributed by atoms with van der Waals surface area (Å²) in [4.78, 5) is 11.5. The molecule has 100 valence electrons. The van der Waals surface area contributed by atoms with Crippen molar-refractivity contribution in [3.63, 3.8) is 0 Å². The number of carbonyl (C=O) groups excluding carboxylic acids is 1. The Kier molecular flexibility index (Phi) is 2.56. The Balaban J connectivity index is 1.73. The molecule has 0 radical (unpaired) electrons. The third kappa shape index (κ3) is 1.77. The molecule has 2 saturated carbocycles. The van der Waals surface area contributed by atoms with E-state index in [-0.39, 0.29) is 11.9 Å². The van der Waals surface area contributed by atoms with Gasteiger partial charge in [0.05, 0.1) is 6.10 Å². The van der Waals surface area contributed by atoms with Crippen molar-refractivity contribution < 1.29 is 9.90 Å². The molecular formula is C17H20O2. The maximum atomic E-state index is 11.5. The number of carbonyl (C=O) groups is 1. The number of aliphatic hydroxyl groups excluding tert-OH is 1. The molecule has 4 aliphatic rings. The number of aliphatic hydroxyl groups is 1. The van der Waals surface area contributed by atoms with E-state index in [1.54, 1.807) is 11.6 Å². The fourth-order valence-electron chi connectivity index (χ4n) is 4.86. The van der Waals surface area contributed by atoms with Crippen LogP contribution in [-0.2, 0) is 4.79 Å². The minimum atomic E-state index is -0.0697. The number of fused-ring (bicyclic) bond motifs is 4. The Morgan fingerprint density at radius 3 is 2.89 bits per heavy atom. The number of rotatable bonds is 0. The largest absolute Gasteiger partial charge is 0.393 e. The van der Waals surface area contributed by atoms with E-state index < -0.39 is 0 Å². The van der Waals surface area contributed by atoms with Crippen LogP contribution in [-0.4, -0.2) is 17.0 Å². The maximum Gasteiger partial charge on any atom is 0.178 e. The van der Waals surface area contributed by atoms with Gasteiger partial charge in [0, 0.05) is 0 Å². The highest BCUT2D eigenvalue weighted by Gasteiger charge is 2.44. The van der Waals surface area contributed by atoms with Crippen LogP contribution in [0.15, 0.2) is 34.9 Å². The zero-order chi connectivity index (χ0) is 13.0. The van der Waals surface area contributed by atoms with E-state index >= 15 is 0 Å². The Hall–Kier alpha value is -1.15. The van der Waals surface area contributed by atoms with Gasteiger partial charge in [-0.3, -0.25) is 4.79 Å². The van der Waals surface area contributed by atoms with E-state index in [0.29, 0.717) is 11.8 Å². The first-order valence-corrected chi connectivity index (χ1v) is 7.56. The van der Waals surface area contributed by atoms with Gasteiger partial charge in [0.25, 0.3) is 0 Å². The molecule has 0 aromatic carbocycles. The lowest BCUT2D eigenvalue weighted by Gasteiger charge is -2.41. The number of hydrogen-bond acceptors (Lipinski definition) is 2. The van der Waals surface area contributed by atoms with Crippen LogP contribution in [0.2, 0.25) is 0 Å². The Bertz CT molecular complexity index is 523. The maximum absolute atomic E-state index is 11.5. The predicted octanol–water partition coefficient (Wildman–Crippen LogP) is 2.94.